The highest BCUT2D eigenvalue weighted by molar-refractivity contribution is 7.89. The van der Waals surface area contributed by atoms with Gasteiger partial charge in [0.2, 0.25) is 10.0 Å². The molecule has 2 rings (SSSR count). The maximum Gasteiger partial charge on any atom is 0.241 e. The molecule has 24 heavy (non-hydrogen) atoms. The number of rotatable bonds is 5. The van der Waals surface area contributed by atoms with Crippen molar-refractivity contribution in [3.8, 4) is 5.75 Å². The second kappa shape index (κ2) is 6.86. The van der Waals surface area contributed by atoms with Crippen LogP contribution in [0.5, 0.6) is 5.75 Å². The Morgan fingerprint density at radius 1 is 1.00 bits per heavy atom. The zero-order valence-electron chi connectivity index (χ0n) is 13.9. The van der Waals surface area contributed by atoms with Gasteiger partial charge in [-0.2, -0.15) is 0 Å². The molecule has 0 aliphatic rings. The second-order valence-corrected chi connectivity index (χ2v) is 7.28. The van der Waals surface area contributed by atoms with E-state index in [1.165, 1.54) is 7.11 Å². The molecule has 0 amide bonds. The summed E-state index contributed by atoms with van der Waals surface area (Å²) in [6, 6.07) is 4.56. The average Bonchev–Trinajstić information content (AvgIpc) is 2.48. The monoisotopic (exact) mass is 355 g/mol. The van der Waals surface area contributed by atoms with Crippen LogP contribution in [0.25, 0.3) is 0 Å². The van der Waals surface area contributed by atoms with Crippen LogP contribution in [0, 0.1) is 32.4 Å². The molecule has 2 aromatic rings. The number of halogens is 2. The minimum Gasteiger partial charge on any atom is -0.496 e. The van der Waals surface area contributed by atoms with E-state index in [9.17, 15) is 17.2 Å². The summed E-state index contributed by atoms with van der Waals surface area (Å²) in [5.74, 6) is -0.898. The Balaban J connectivity index is 2.36. The lowest BCUT2D eigenvalue weighted by molar-refractivity contribution is 0.410. The standard InChI is InChI=1S/C17H19F2NO3S/c1-10-5-16(23-4)11(2)12(3)17(10)24(21,22)20-9-13-6-14(18)8-15(19)7-13/h5-8,20H,9H2,1-4H3. The Kier molecular flexibility index (Phi) is 5.25. The molecule has 2 aromatic carbocycles. The number of nitrogens with one attached hydrogen (secondary N) is 1. The van der Waals surface area contributed by atoms with Crippen molar-refractivity contribution in [2.45, 2.75) is 32.2 Å². The summed E-state index contributed by atoms with van der Waals surface area (Å²) >= 11 is 0. The van der Waals surface area contributed by atoms with Crippen molar-refractivity contribution in [2.24, 2.45) is 0 Å². The Morgan fingerprint density at radius 3 is 2.12 bits per heavy atom. The molecule has 0 fully saturated rings. The van der Waals surface area contributed by atoms with Gasteiger partial charge in [0.15, 0.2) is 0 Å². The quantitative estimate of drug-likeness (QED) is 0.895. The predicted octanol–water partition coefficient (Wildman–Crippen LogP) is 3.38. The molecule has 4 nitrogen and oxygen atoms in total. The highest BCUT2D eigenvalue weighted by Gasteiger charge is 2.22. The first-order valence-electron chi connectivity index (χ1n) is 7.25. The third-order valence-electron chi connectivity index (χ3n) is 3.86. The lowest BCUT2D eigenvalue weighted by Crippen LogP contribution is -2.25. The number of aryl methyl sites for hydroxylation is 1. The van der Waals surface area contributed by atoms with Crippen molar-refractivity contribution in [2.75, 3.05) is 7.11 Å². The van der Waals surface area contributed by atoms with Crippen LogP contribution in [-0.4, -0.2) is 15.5 Å². The molecule has 0 unspecified atom stereocenters. The molecule has 0 aromatic heterocycles. The van der Waals surface area contributed by atoms with Gasteiger partial charge in [0, 0.05) is 12.6 Å². The van der Waals surface area contributed by atoms with Gasteiger partial charge in [0.1, 0.15) is 17.4 Å². The van der Waals surface area contributed by atoms with Gasteiger partial charge >= 0.3 is 0 Å². The van der Waals surface area contributed by atoms with E-state index in [1.807, 2.05) is 0 Å². The van der Waals surface area contributed by atoms with Crippen LogP contribution in [0.15, 0.2) is 29.2 Å². The first kappa shape index (κ1) is 18.4. The molecular weight excluding hydrogens is 336 g/mol. The Bertz CT molecular complexity index is 860. The van der Waals surface area contributed by atoms with Gasteiger partial charge in [-0.05, 0) is 61.2 Å². The predicted molar refractivity (Wildman–Crippen MR) is 87.6 cm³/mol. The maximum absolute atomic E-state index is 13.2. The van der Waals surface area contributed by atoms with Crippen LogP contribution in [-0.2, 0) is 16.6 Å². The minimum atomic E-state index is -3.84. The summed E-state index contributed by atoms with van der Waals surface area (Å²) in [5.41, 5.74) is 2.04. The van der Waals surface area contributed by atoms with E-state index in [0.717, 1.165) is 23.8 Å². The van der Waals surface area contributed by atoms with Gasteiger partial charge in [0.25, 0.3) is 0 Å². The van der Waals surface area contributed by atoms with Crippen LogP contribution < -0.4 is 9.46 Å². The molecule has 0 heterocycles. The number of ether oxygens (including phenoxy) is 1. The number of hydrogen-bond donors (Lipinski definition) is 1. The smallest absolute Gasteiger partial charge is 0.241 e. The second-order valence-electron chi connectivity index (χ2n) is 5.58. The van der Waals surface area contributed by atoms with E-state index in [2.05, 4.69) is 4.72 Å². The van der Waals surface area contributed by atoms with Crippen molar-refractivity contribution < 1.29 is 21.9 Å². The summed E-state index contributed by atoms with van der Waals surface area (Å²) < 4.78 is 59.3. The summed E-state index contributed by atoms with van der Waals surface area (Å²) in [6.45, 7) is 4.93. The van der Waals surface area contributed by atoms with E-state index >= 15 is 0 Å². The summed E-state index contributed by atoms with van der Waals surface area (Å²) in [7, 11) is -2.32. The largest absolute Gasteiger partial charge is 0.496 e. The maximum atomic E-state index is 13.2. The SMILES string of the molecule is COc1cc(C)c(S(=O)(=O)NCc2cc(F)cc(F)c2)c(C)c1C. The molecule has 0 aliphatic carbocycles. The van der Waals surface area contributed by atoms with Crippen LogP contribution in [0.2, 0.25) is 0 Å². The highest BCUT2D eigenvalue weighted by atomic mass is 32.2. The molecule has 0 saturated heterocycles. The number of benzene rings is 2. The van der Waals surface area contributed by atoms with Crippen molar-refractivity contribution in [3.63, 3.8) is 0 Å². The topological polar surface area (TPSA) is 55.4 Å². The minimum absolute atomic E-state index is 0.151. The van der Waals surface area contributed by atoms with Gasteiger partial charge in [-0.25, -0.2) is 21.9 Å². The Hall–Kier alpha value is -1.99. The van der Waals surface area contributed by atoms with Gasteiger partial charge in [-0.3, -0.25) is 0 Å². The van der Waals surface area contributed by atoms with Gasteiger partial charge < -0.3 is 4.74 Å². The third kappa shape index (κ3) is 3.73. The van der Waals surface area contributed by atoms with E-state index < -0.39 is 21.7 Å². The van der Waals surface area contributed by atoms with E-state index in [4.69, 9.17) is 4.74 Å². The van der Waals surface area contributed by atoms with E-state index in [0.29, 0.717) is 16.9 Å². The van der Waals surface area contributed by atoms with Crippen molar-refractivity contribution in [3.05, 3.63) is 58.2 Å². The average molecular weight is 355 g/mol. The van der Waals surface area contributed by atoms with Crippen molar-refractivity contribution in [1.82, 2.24) is 4.72 Å². The molecule has 0 radical (unpaired) electrons. The summed E-state index contributed by atoms with van der Waals surface area (Å²) in [6.07, 6.45) is 0. The van der Waals surface area contributed by atoms with Crippen molar-refractivity contribution in [1.29, 1.82) is 0 Å². The summed E-state index contributed by atoms with van der Waals surface area (Å²) in [4.78, 5) is 0.151. The lowest BCUT2D eigenvalue weighted by atomic mass is 10.1. The Morgan fingerprint density at radius 2 is 1.58 bits per heavy atom. The molecule has 0 saturated carbocycles. The fourth-order valence-corrected chi connectivity index (χ4v) is 4.15. The van der Waals surface area contributed by atoms with Gasteiger partial charge in [-0.1, -0.05) is 0 Å². The fourth-order valence-electron chi connectivity index (χ4n) is 2.61. The number of sulfonamides is 1. The van der Waals surface area contributed by atoms with E-state index in [-0.39, 0.29) is 17.0 Å². The zero-order chi connectivity index (χ0) is 18.1. The molecule has 0 atom stereocenters. The first-order valence-corrected chi connectivity index (χ1v) is 8.73. The number of hydrogen-bond acceptors (Lipinski definition) is 3. The lowest BCUT2D eigenvalue weighted by Gasteiger charge is -2.16. The Labute approximate surface area is 140 Å². The molecular formula is C17H19F2NO3S. The summed E-state index contributed by atoms with van der Waals surface area (Å²) in [5, 5.41) is 0. The van der Waals surface area contributed by atoms with Gasteiger partial charge in [0.05, 0.1) is 12.0 Å². The molecule has 130 valence electrons. The molecule has 0 bridgehead atoms. The highest BCUT2D eigenvalue weighted by Crippen LogP contribution is 2.30. The molecule has 7 heteroatoms. The molecule has 0 aliphatic heterocycles. The number of methoxy groups -OCH3 is 1. The van der Waals surface area contributed by atoms with Crippen LogP contribution >= 0.6 is 0 Å². The first-order chi connectivity index (χ1) is 11.2. The molecule has 0 spiro atoms. The van der Waals surface area contributed by atoms with Crippen molar-refractivity contribution >= 4 is 10.0 Å². The fraction of sp³-hybridized carbons (Fsp3) is 0.294. The van der Waals surface area contributed by atoms with Gasteiger partial charge in [-0.15, -0.1) is 0 Å². The van der Waals surface area contributed by atoms with Crippen LogP contribution in [0.3, 0.4) is 0 Å². The van der Waals surface area contributed by atoms with Crippen LogP contribution in [0.1, 0.15) is 22.3 Å². The van der Waals surface area contributed by atoms with Crippen LogP contribution in [0.4, 0.5) is 8.78 Å². The molecule has 1 N–H and O–H groups in total. The third-order valence-corrected chi connectivity index (χ3v) is 5.55. The van der Waals surface area contributed by atoms with E-state index in [1.54, 1.807) is 26.8 Å². The zero-order valence-corrected chi connectivity index (χ0v) is 14.7. The normalized spacial score (nSPS) is 11.6.